The van der Waals surface area contributed by atoms with Crippen LogP contribution in [-0.4, -0.2) is 30.9 Å². The summed E-state index contributed by atoms with van der Waals surface area (Å²) in [6.07, 6.45) is 2.43. The lowest BCUT2D eigenvalue weighted by atomic mass is 9.90. The second-order valence-electron chi connectivity index (χ2n) is 10.4. The van der Waals surface area contributed by atoms with E-state index in [1.54, 1.807) is 12.1 Å². The Hall–Kier alpha value is -4.42. The van der Waals surface area contributed by atoms with Crippen LogP contribution in [0.1, 0.15) is 51.5 Å². The molecular weight excluding hydrogens is 517 g/mol. The predicted molar refractivity (Wildman–Crippen MR) is 157 cm³/mol. The van der Waals surface area contributed by atoms with Crippen molar-refractivity contribution in [3.05, 3.63) is 131 Å². The number of fused-ring (bicyclic) bond motifs is 1. The second-order valence-corrected chi connectivity index (χ2v) is 10.4. The fourth-order valence-corrected chi connectivity index (χ4v) is 5.79. The Morgan fingerprint density at radius 2 is 1.61 bits per heavy atom. The molecule has 1 aliphatic heterocycles. The molecule has 5 nitrogen and oxygen atoms in total. The van der Waals surface area contributed by atoms with Crippen molar-refractivity contribution in [2.45, 2.75) is 31.8 Å². The maximum atomic E-state index is 14.0. The van der Waals surface area contributed by atoms with Crippen LogP contribution in [0.25, 0.3) is 16.6 Å². The summed E-state index contributed by atoms with van der Waals surface area (Å²) in [5.41, 5.74) is 6.97. The van der Waals surface area contributed by atoms with Gasteiger partial charge in [-0.3, -0.25) is 0 Å². The number of esters is 1. The fraction of sp³-hybridized carbons (Fsp3) is 0.229. The van der Waals surface area contributed by atoms with Crippen molar-refractivity contribution in [2.24, 2.45) is 0 Å². The monoisotopic (exact) mass is 549 g/mol. The summed E-state index contributed by atoms with van der Waals surface area (Å²) >= 11 is 0. The van der Waals surface area contributed by atoms with Crippen LogP contribution in [0.3, 0.4) is 0 Å². The lowest BCUT2D eigenvalue weighted by molar-refractivity contribution is 0.0600. The van der Waals surface area contributed by atoms with Gasteiger partial charge in [0.05, 0.1) is 18.2 Å². The third-order valence-corrected chi connectivity index (χ3v) is 7.78. The van der Waals surface area contributed by atoms with E-state index in [-0.39, 0.29) is 17.7 Å². The summed E-state index contributed by atoms with van der Waals surface area (Å²) < 4.78 is 33.4. The van der Waals surface area contributed by atoms with Gasteiger partial charge in [-0.2, -0.15) is 0 Å². The molecule has 1 saturated heterocycles. The molecule has 6 heteroatoms. The zero-order chi connectivity index (χ0) is 28.2. The SMILES string of the molecule is COC(=O)c1ccc(Cc2c(C3CCOCC3)n(-c3ccc(F)cc3)c3cccc(OCc4ccccc4)c23)cc1. The van der Waals surface area contributed by atoms with Crippen LogP contribution in [0.4, 0.5) is 4.39 Å². The Kier molecular flexibility index (Phi) is 7.83. The number of rotatable bonds is 8. The molecule has 208 valence electrons. The first-order chi connectivity index (χ1) is 20.1. The highest BCUT2D eigenvalue weighted by molar-refractivity contribution is 5.93. The Balaban J connectivity index is 1.54. The smallest absolute Gasteiger partial charge is 0.337 e. The zero-order valence-corrected chi connectivity index (χ0v) is 23.0. The number of carbonyl (C=O) groups excluding carboxylic acids is 1. The molecule has 0 N–H and O–H groups in total. The van der Waals surface area contributed by atoms with Crippen molar-refractivity contribution >= 4 is 16.9 Å². The predicted octanol–water partition coefficient (Wildman–Crippen LogP) is 7.62. The van der Waals surface area contributed by atoms with Crippen LogP contribution in [0.2, 0.25) is 0 Å². The van der Waals surface area contributed by atoms with E-state index in [1.165, 1.54) is 30.5 Å². The summed E-state index contributed by atoms with van der Waals surface area (Å²) in [5, 5.41) is 1.05. The Labute approximate surface area is 239 Å². The minimum Gasteiger partial charge on any atom is -0.488 e. The van der Waals surface area contributed by atoms with E-state index in [9.17, 15) is 9.18 Å². The molecule has 2 heterocycles. The Bertz CT molecular complexity index is 1640. The minimum atomic E-state index is -0.357. The van der Waals surface area contributed by atoms with Crippen LogP contribution in [0.5, 0.6) is 5.75 Å². The molecule has 0 radical (unpaired) electrons. The van der Waals surface area contributed by atoms with E-state index in [1.807, 2.05) is 54.6 Å². The number of halogens is 1. The Morgan fingerprint density at radius 1 is 0.878 bits per heavy atom. The molecule has 4 aromatic carbocycles. The minimum absolute atomic E-state index is 0.257. The molecule has 1 fully saturated rings. The molecule has 0 saturated carbocycles. The van der Waals surface area contributed by atoms with Gasteiger partial charge in [-0.15, -0.1) is 0 Å². The van der Waals surface area contributed by atoms with E-state index < -0.39 is 0 Å². The third kappa shape index (κ3) is 5.61. The van der Waals surface area contributed by atoms with Gasteiger partial charge in [0, 0.05) is 35.9 Å². The Morgan fingerprint density at radius 3 is 2.32 bits per heavy atom. The maximum absolute atomic E-state index is 14.0. The molecule has 0 spiro atoms. The molecular formula is C35H32FNO4. The zero-order valence-electron chi connectivity index (χ0n) is 23.0. The van der Waals surface area contributed by atoms with Gasteiger partial charge in [0.1, 0.15) is 18.2 Å². The standard InChI is InChI=1S/C35H32FNO4/c1-39-35(38)27-12-10-24(11-13-27)22-30-33-31(8-5-9-32(33)41-23-25-6-3-2-4-7-25)37(29-16-14-28(36)15-17-29)34(30)26-18-20-40-21-19-26/h2-17,26H,18-23H2,1H3. The molecule has 0 aliphatic carbocycles. The first-order valence-corrected chi connectivity index (χ1v) is 14.0. The van der Waals surface area contributed by atoms with Gasteiger partial charge in [-0.1, -0.05) is 48.5 Å². The molecule has 0 unspecified atom stereocenters. The highest BCUT2D eigenvalue weighted by Crippen LogP contribution is 2.43. The lowest BCUT2D eigenvalue weighted by Crippen LogP contribution is -2.18. The van der Waals surface area contributed by atoms with Gasteiger partial charge in [0.2, 0.25) is 0 Å². The van der Waals surface area contributed by atoms with Crippen molar-refractivity contribution in [1.29, 1.82) is 0 Å². The summed E-state index contributed by atoms with van der Waals surface area (Å²) in [6, 6.07) is 30.6. The summed E-state index contributed by atoms with van der Waals surface area (Å²) in [7, 11) is 1.39. The van der Waals surface area contributed by atoms with Crippen molar-refractivity contribution in [1.82, 2.24) is 4.57 Å². The van der Waals surface area contributed by atoms with Crippen LogP contribution in [0, 0.1) is 5.82 Å². The van der Waals surface area contributed by atoms with Crippen molar-refractivity contribution in [3.8, 4) is 11.4 Å². The molecule has 41 heavy (non-hydrogen) atoms. The molecule has 0 bridgehead atoms. The van der Waals surface area contributed by atoms with Crippen LogP contribution in [0.15, 0.2) is 97.1 Å². The average molecular weight is 550 g/mol. The van der Waals surface area contributed by atoms with E-state index in [0.29, 0.717) is 31.8 Å². The summed E-state index contributed by atoms with van der Waals surface area (Å²) in [5.74, 6) is 0.439. The summed E-state index contributed by atoms with van der Waals surface area (Å²) in [6.45, 7) is 1.84. The molecule has 5 aromatic rings. The van der Waals surface area contributed by atoms with Gasteiger partial charge in [0.15, 0.2) is 0 Å². The number of benzene rings is 4. The molecule has 1 aliphatic rings. The number of ether oxygens (including phenoxy) is 3. The molecule has 6 rings (SSSR count). The van der Waals surface area contributed by atoms with Gasteiger partial charge in [-0.05, 0) is 84.5 Å². The van der Waals surface area contributed by atoms with Crippen LogP contribution in [-0.2, 0) is 22.5 Å². The first-order valence-electron chi connectivity index (χ1n) is 14.0. The van der Waals surface area contributed by atoms with Gasteiger partial charge in [0.25, 0.3) is 0 Å². The van der Waals surface area contributed by atoms with Gasteiger partial charge < -0.3 is 18.8 Å². The van der Waals surface area contributed by atoms with Crippen LogP contribution < -0.4 is 4.74 Å². The van der Waals surface area contributed by atoms with Crippen molar-refractivity contribution in [3.63, 3.8) is 0 Å². The number of methoxy groups -OCH3 is 1. The van der Waals surface area contributed by atoms with Crippen molar-refractivity contribution < 1.29 is 23.4 Å². The van der Waals surface area contributed by atoms with E-state index in [2.05, 4.69) is 22.8 Å². The average Bonchev–Trinajstić information content (AvgIpc) is 3.35. The number of carbonyl (C=O) groups is 1. The number of aromatic nitrogens is 1. The quantitative estimate of drug-likeness (QED) is 0.187. The number of nitrogens with zero attached hydrogens (tertiary/aromatic N) is 1. The maximum Gasteiger partial charge on any atom is 0.337 e. The first kappa shape index (κ1) is 26.8. The second kappa shape index (κ2) is 12.0. The highest BCUT2D eigenvalue weighted by atomic mass is 19.1. The highest BCUT2D eigenvalue weighted by Gasteiger charge is 2.28. The van der Waals surface area contributed by atoms with E-state index in [0.717, 1.165) is 46.3 Å². The largest absolute Gasteiger partial charge is 0.488 e. The number of hydrogen-bond acceptors (Lipinski definition) is 4. The number of hydrogen-bond donors (Lipinski definition) is 0. The third-order valence-electron chi connectivity index (χ3n) is 7.78. The van der Waals surface area contributed by atoms with Crippen LogP contribution >= 0.6 is 0 Å². The van der Waals surface area contributed by atoms with Gasteiger partial charge >= 0.3 is 5.97 Å². The van der Waals surface area contributed by atoms with E-state index in [4.69, 9.17) is 14.2 Å². The van der Waals surface area contributed by atoms with Gasteiger partial charge in [-0.25, -0.2) is 9.18 Å². The fourth-order valence-electron chi connectivity index (χ4n) is 5.79. The van der Waals surface area contributed by atoms with E-state index >= 15 is 0 Å². The molecule has 0 atom stereocenters. The molecule has 1 aromatic heterocycles. The topological polar surface area (TPSA) is 49.7 Å². The molecule has 0 amide bonds. The summed E-state index contributed by atoms with van der Waals surface area (Å²) in [4.78, 5) is 12.1. The normalized spacial score (nSPS) is 13.8. The van der Waals surface area contributed by atoms with Crippen molar-refractivity contribution in [2.75, 3.05) is 20.3 Å². The lowest BCUT2D eigenvalue weighted by Gasteiger charge is -2.26.